The van der Waals surface area contributed by atoms with Gasteiger partial charge in [-0.05, 0) is 55.4 Å². The summed E-state index contributed by atoms with van der Waals surface area (Å²) in [4.78, 5) is 19.3. The first-order chi connectivity index (χ1) is 17.3. The summed E-state index contributed by atoms with van der Waals surface area (Å²) in [6.45, 7) is 5.03. The molecule has 9 nitrogen and oxygen atoms in total. The Hall–Kier alpha value is -4.00. The number of imidazole rings is 1. The molecule has 1 unspecified atom stereocenters. The van der Waals surface area contributed by atoms with Crippen molar-refractivity contribution in [2.45, 2.75) is 12.5 Å². The van der Waals surface area contributed by atoms with Gasteiger partial charge in [-0.25, -0.2) is 15.0 Å². The standard InChI is InChI=1S/C26H25N7O2/c27-14-19-13-18(3-6-22(19)35-21-7-8-28-15-21)23-24-26(30-16-29-23)32-25(31-24)17-1-4-20(5-2-17)33-9-11-34-12-10-33/h1-6,13,16,21,28H,7-12,15H2,(H,29,30,31,32). The van der Waals surface area contributed by atoms with E-state index >= 15 is 0 Å². The lowest BCUT2D eigenvalue weighted by Crippen LogP contribution is -2.36. The molecule has 2 aliphatic rings. The van der Waals surface area contributed by atoms with Crippen LogP contribution in [0.1, 0.15) is 12.0 Å². The molecular weight excluding hydrogens is 442 g/mol. The van der Waals surface area contributed by atoms with E-state index in [9.17, 15) is 5.26 Å². The highest BCUT2D eigenvalue weighted by molar-refractivity contribution is 5.89. The van der Waals surface area contributed by atoms with Gasteiger partial charge < -0.3 is 24.7 Å². The van der Waals surface area contributed by atoms with Crippen molar-refractivity contribution in [3.8, 4) is 34.5 Å². The van der Waals surface area contributed by atoms with Crippen molar-refractivity contribution in [2.24, 2.45) is 0 Å². The Bertz CT molecular complexity index is 1380. The Balaban J connectivity index is 1.30. The van der Waals surface area contributed by atoms with Crippen LogP contribution in [-0.2, 0) is 4.74 Å². The Morgan fingerprint density at radius 2 is 1.89 bits per heavy atom. The third-order valence-electron chi connectivity index (χ3n) is 6.48. The largest absolute Gasteiger partial charge is 0.488 e. The van der Waals surface area contributed by atoms with Crippen LogP contribution in [0.15, 0.2) is 48.8 Å². The predicted molar refractivity (Wildman–Crippen MR) is 132 cm³/mol. The molecule has 0 spiro atoms. The van der Waals surface area contributed by atoms with Crippen molar-refractivity contribution in [1.29, 1.82) is 5.26 Å². The van der Waals surface area contributed by atoms with Crippen molar-refractivity contribution in [3.63, 3.8) is 0 Å². The summed E-state index contributed by atoms with van der Waals surface area (Å²) < 4.78 is 11.5. The van der Waals surface area contributed by atoms with Gasteiger partial charge in [-0.3, -0.25) is 0 Å². The van der Waals surface area contributed by atoms with E-state index in [4.69, 9.17) is 14.5 Å². The van der Waals surface area contributed by atoms with Crippen LogP contribution in [0.4, 0.5) is 5.69 Å². The first-order valence-corrected chi connectivity index (χ1v) is 11.8. The monoisotopic (exact) mass is 467 g/mol. The normalized spacial score (nSPS) is 18.0. The molecule has 1 atom stereocenters. The van der Waals surface area contributed by atoms with Crippen LogP contribution in [0.5, 0.6) is 5.75 Å². The first-order valence-electron chi connectivity index (χ1n) is 11.8. The summed E-state index contributed by atoms with van der Waals surface area (Å²) in [6, 6.07) is 16.2. The van der Waals surface area contributed by atoms with E-state index in [1.165, 1.54) is 12.0 Å². The fourth-order valence-electron chi connectivity index (χ4n) is 4.60. The van der Waals surface area contributed by atoms with E-state index in [0.717, 1.165) is 62.8 Å². The molecule has 0 amide bonds. The van der Waals surface area contributed by atoms with Gasteiger partial charge in [0, 0.05) is 36.4 Å². The lowest BCUT2D eigenvalue weighted by atomic mass is 10.1. The zero-order chi connectivity index (χ0) is 23.6. The van der Waals surface area contributed by atoms with Crippen LogP contribution in [0.3, 0.4) is 0 Å². The van der Waals surface area contributed by atoms with Crippen LogP contribution >= 0.6 is 0 Å². The number of aromatic amines is 1. The molecule has 2 saturated heterocycles. The number of aromatic nitrogens is 4. The number of nitriles is 1. The van der Waals surface area contributed by atoms with Gasteiger partial charge in [0.15, 0.2) is 5.65 Å². The number of nitrogens with zero attached hydrogens (tertiary/aromatic N) is 5. The number of nitrogens with one attached hydrogen (secondary N) is 2. The van der Waals surface area contributed by atoms with Crippen molar-refractivity contribution in [2.75, 3.05) is 44.3 Å². The summed E-state index contributed by atoms with van der Waals surface area (Å²) in [5, 5.41) is 13.0. The molecule has 9 heteroatoms. The molecule has 2 aliphatic heterocycles. The second kappa shape index (κ2) is 9.33. The van der Waals surface area contributed by atoms with Crippen LogP contribution in [0.25, 0.3) is 33.8 Å². The molecule has 176 valence electrons. The number of hydrogen-bond donors (Lipinski definition) is 2. The minimum atomic E-state index is 0.0854. The van der Waals surface area contributed by atoms with Gasteiger partial charge in [0.2, 0.25) is 0 Å². The zero-order valence-electron chi connectivity index (χ0n) is 19.2. The predicted octanol–water partition coefficient (Wildman–Crippen LogP) is 3.14. The third kappa shape index (κ3) is 4.30. The number of H-pyrrole nitrogens is 1. The average Bonchev–Trinajstić information content (AvgIpc) is 3.59. The molecule has 0 aliphatic carbocycles. The van der Waals surface area contributed by atoms with E-state index in [-0.39, 0.29) is 6.10 Å². The molecule has 0 bridgehead atoms. The number of ether oxygens (including phenoxy) is 2. The second-order valence-electron chi connectivity index (χ2n) is 8.71. The van der Waals surface area contributed by atoms with Gasteiger partial charge >= 0.3 is 0 Å². The lowest BCUT2D eigenvalue weighted by molar-refractivity contribution is 0.122. The molecule has 0 radical (unpaired) electrons. The SMILES string of the molecule is N#Cc1cc(-c2ncnc3[nH]c(-c4ccc(N5CCOCC5)cc4)nc23)ccc1OC1CCNC1. The topological polar surface area (TPSA) is 112 Å². The van der Waals surface area contributed by atoms with Gasteiger partial charge in [-0.2, -0.15) is 5.26 Å². The summed E-state index contributed by atoms with van der Waals surface area (Å²) >= 11 is 0. The summed E-state index contributed by atoms with van der Waals surface area (Å²) in [7, 11) is 0. The van der Waals surface area contributed by atoms with Gasteiger partial charge in [-0.15, -0.1) is 0 Å². The van der Waals surface area contributed by atoms with Gasteiger partial charge in [0.1, 0.15) is 41.3 Å². The molecule has 0 saturated carbocycles. The summed E-state index contributed by atoms with van der Waals surface area (Å²) in [5.41, 5.74) is 5.41. The van der Waals surface area contributed by atoms with Crippen molar-refractivity contribution in [3.05, 3.63) is 54.4 Å². The minimum Gasteiger partial charge on any atom is -0.488 e. The maximum Gasteiger partial charge on any atom is 0.161 e. The van der Waals surface area contributed by atoms with Crippen molar-refractivity contribution in [1.82, 2.24) is 25.3 Å². The molecule has 2 aromatic carbocycles. The number of fused-ring (bicyclic) bond motifs is 1. The van der Waals surface area contributed by atoms with Gasteiger partial charge in [-0.1, -0.05) is 0 Å². The molecule has 4 heterocycles. The van der Waals surface area contributed by atoms with Gasteiger partial charge in [0.05, 0.1) is 18.8 Å². The fraction of sp³-hybridized carbons (Fsp3) is 0.308. The Kier molecular flexibility index (Phi) is 5.74. The number of hydrogen-bond acceptors (Lipinski definition) is 8. The van der Waals surface area contributed by atoms with E-state index in [1.807, 2.05) is 18.2 Å². The highest BCUT2D eigenvalue weighted by Crippen LogP contribution is 2.31. The van der Waals surface area contributed by atoms with E-state index in [0.29, 0.717) is 28.2 Å². The van der Waals surface area contributed by atoms with Gasteiger partial charge in [0.25, 0.3) is 0 Å². The highest BCUT2D eigenvalue weighted by Gasteiger charge is 2.19. The molecular formula is C26H25N7O2. The third-order valence-corrected chi connectivity index (χ3v) is 6.48. The van der Waals surface area contributed by atoms with E-state index in [1.54, 1.807) is 0 Å². The molecule has 6 rings (SSSR count). The van der Waals surface area contributed by atoms with Crippen molar-refractivity contribution >= 4 is 16.9 Å². The van der Waals surface area contributed by atoms with Crippen LogP contribution in [0.2, 0.25) is 0 Å². The number of benzene rings is 2. The van der Waals surface area contributed by atoms with Crippen LogP contribution < -0.4 is 15.0 Å². The molecule has 2 aromatic heterocycles. The molecule has 2 N–H and O–H groups in total. The maximum absolute atomic E-state index is 9.74. The van der Waals surface area contributed by atoms with Crippen LogP contribution in [0, 0.1) is 11.3 Å². The van der Waals surface area contributed by atoms with E-state index < -0.39 is 0 Å². The Morgan fingerprint density at radius 1 is 1.06 bits per heavy atom. The number of anilines is 1. The summed E-state index contributed by atoms with van der Waals surface area (Å²) in [6.07, 6.45) is 2.53. The fourth-order valence-corrected chi connectivity index (χ4v) is 4.60. The minimum absolute atomic E-state index is 0.0854. The van der Waals surface area contributed by atoms with Crippen molar-refractivity contribution < 1.29 is 9.47 Å². The summed E-state index contributed by atoms with van der Waals surface area (Å²) in [5.74, 6) is 1.32. The lowest BCUT2D eigenvalue weighted by Gasteiger charge is -2.28. The Morgan fingerprint density at radius 3 is 2.66 bits per heavy atom. The smallest absolute Gasteiger partial charge is 0.161 e. The number of rotatable bonds is 5. The number of morpholine rings is 1. The Labute approximate surface area is 202 Å². The average molecular weight is 468 g/mol. The van der Waals surface area contributed by atoms with E-state index in [2.05, 4.69) is 55.5 Å². The first kappa shape index (κ1) is 21.5. The molecule has 35 heavy (non-hydrogen) atoms. The maximum atomic E-state index is 9.74. The molecule has 2 fully saturated rings. The quantitative estimate of drug-likeness (QED) is 0.460. The molecule has 4 aromatic rings. The van der Waals surface area contributed by atoms with Crippen LogP contribution in [-0.4, -0.2) is 65.4 Å². The highest BCUT2D eigenvalue weighted by atomic mass is 16.5. The zero-order valence-corrected chi connectivity index (χ0v) is 19.2. The second-order valence-corrected chi connectivity index (χ2v) is 8.71.